The third-order valence-electron chi connectivity index (χ3n) is 2.42. The van der Waals surface area contributed by atoms with Gasteiger partial charge in [-0.15, -0.1) is 11.8 Å². The summed E-state index contributed by atoms with van der Waals surface area (Å²) in [6.45, 7) is 0.609. The molecule has 16 heavy (non-hydrogen) atoms. The van der Waals surface area contributed by atoms with Crippen LogP contribution in [-0.2, 0) is 18.1 Å². The zero-order valence-corrected chi connectivity index (χ0v) is 9.87. The number of hydrogen-bond donors (Lipinski definition) is 1. The van der Waals surface area contributed by atoms with Crippen LogP contribution in [0.1, 0.15) is 16.9 Å². The lowest BCUT2D eigenvalue weighted by Crippen LogP contribution is -2.00. The Kier molecular flexibility index (Phi) is 4.08. The molecule has 0 spiro atoms. The van der Waals surface area contributed by atoms with Crippen molar-refractivity contribution in [3.05, 3.63) is 59.5 Å². The molecule has 0 atom stereocenters. The van der Waals surface area contributed by atoms with E-state index in [0.29, 0.717) is 6.54 Å². The van der Waals surface area contributed by atoms with Crippen LogP contribution in [0.5, 0.6) is 0 Å². The second kappa shape index (κ2) is 5.77. The SMILES string of the molecule is NCc1ccccc1CSCc1ccco1. The van der Waals surface area contributed by atoms with Gasteiger partial charge in [0.1, 0.15) is 5.76 Å². The van der Waals surface area contributed by atoms with Gasteiger partial charge in [-0.2, -0.15) is 0 Å². The quantitative estimate of drug-likeness (QED) is 0.862. The molecule has 0 saturated carbocycles. The topological polar surface area (TPSA) is 39.2 Å². The molecule has 0 saturated heterocycles. The van der Waals surface area contributed by atoms with E-state index >= 15 is 0 Å². The summed E-state index contributed by atoms with van der Waals surface area (Å²) in [5.74, 6) is 2.91. The normalized spacial score (nSPS) is 10.6. The standard InChI is InChI=1S/C13H15NOS/c14-8-11-4-1-2-5-12(11)9-16-10-13-6-3-7-15-13/h1-7H,8-10,14H2. The molecule has 0 fully saturated rings. The molecule has 3 heteroatoms. The summed E-state index contributed by atoms with van der Waals surface area (Å²) in [6.07, 6.45) is 1.71. The lowest BCUT2D eigenvalue weighted by Gasteiger charge is -2.06. The summed E-state index contributed by atoms with van der Waals surface area (Å²) in [7, 11) is 0. The Hall–Kier alpha value is -1.19. The van der Waals surface area contributed by atoms with E-state index < -0.39 is 0 Å². The van der Waals surface area contributed by atoms with Crippen molar-refractivity contribution in [1.29, 1.82) is 0 Å². The molecule has 0 bridgehead atoms. The minimum absolute atomic E-state index is 0.609. The fourth-order valence-electron chi connectivity index (χ4n) is 1.55. The highest BCUT2D eigenvalue weighted by molar-refractivity contribution is 7.97. The van der Waals surface area contributed by atoms with Gasteiger partial charge < -0.3 is 10.2 Å². The molecule has 0 aliphatic carbocycles. The van der Waals surface area contributed by atoms with Gasteiger partial charge in [-0.3, -0.25) is 0 Å². The second-order valence-electron chi connectivity index (χ2n) is 3.54. The molecule has 84 valence electrons. The van der Waals surface area contributed by atoms with Gasteiger partial charge in [0.05, 0.1) is 12.0 Å². The predicted octanol–water partition coefficient (Wildman–Crippen LogP) is 3.17. The largest absolute Gasteiger partial charge is 0.468 e. The lowest BCUT2D eigenvalue weighted by molar-refractivity contribution is 0.530. The van der Waals surface area contributed by atoms with Crippen LogP contribution in [0.4, 0.5) is 0 Å². The van der Waals surface area contributed by atoms with Crippen LogP contribution in [0.3, 0.4) is 0 Å². The first-order chi connectivity index (χ1) is 7.90. The molecule has 2 aromatic rings. The van der Waals surface area contributed by atoms with Gasteiger partial charge in [0, 0.05) is 12.3 Å². The first-order valence-corrected chi connectivity index (χ1v) is 6.42. The van der Waals surface area contributed by atoms with E-state index in [1.807, 2.05) is 30.0 Å². The summed E-state index contributed by atoms with van der Waals surface area (Å²) in [5, 5.41) is 0. The molecule has 0 radical (unpaired) electrons. The van der Waals surface area contributed by atoms with E-state index in [9.17, 15) is 0 Å². The average molecular weight is 233 g/mol. The van der Waals surface area contributed by atoms with Crippen molar-refractivity contribution < 1.29 is 4.42 Å². The minimum Gasteiger partial charge on any atom is -0.468 e. The van der Waals surface area contributed by atoms with E-state index in [-0.39, 0.29) is 0 Å². The molecule has 0 unspecified atom stereocenters. The maximum absolute atomic E-state index is 5.69. The number of thioether (sulfide) groups is 1. The Balaban J connectivity index is 1.89. The maximum Gasteiger partial charge on any atom is 0.113 e. The summed E-state index contributed by atoms with van der Waals surface area (Å²) in [4.78, 5) is 0. The number of hydrogen-bond acceptors (Lipinski definition) is 3. The number of benzene rings is 1. The van der Waals surface area contributed by atoms with Crippen molar-refractivity contribution in [3.63, 3.8) is 0 Å². The van der Waals surface area contributed by atoms with Crippen LogP contribution in [0.2, 0.25) is 0 Å². The summed E-state index contributed by atoms with van der Waals surface area (Å²) < 4.78 is 5.28. The molecule has 1 heterocycles. The van der Waals surface area contributed by atoms with Crippen molar-refractivity contribution in [2.45, 2.75) is 18.1 Å². The Morgan fingerprint density at radius 1 is 1.00 bits per heavy atom. The van der Waals surface area contributed by atoms with Crippen LogP contribution in [-0.4, -0.2) is 0 Å². The monoisotopic (exact) mass is 233 g/mol. The van der Waals surface area contributed by atoms with Gasteiger partial charge in [0.2, 0.25) is 0 Å². The molecule has 0 aliphatic rings. The highest BCUT2D eigenvalue weighted by Gasteiger charge is 2.01. The minimum atomic E-state index is 0.609. The highest BCUT2D eigenvalue weighted by Crippen LogP contribution is 2.20. The Morgan fingerprint density at radius 2 is 1.81 bits per heavy atom. The van der Waals surface area contributed by atoms with Crippen LogP contribution in [0.15, 0.2) is 47.1 Å². The average Bonchev–Trinajstić information content (AvgIpc) is 2.83. The van der Waals surface area contributed by atoms with E-state index in [0.717, 1.165) is 17.3 Å². The Morgan fingerprint density at radius 3 is 2.50 bits per heavy atom. The molecule has 0 aliphatic heterocycles. The third-order valence-corrected chi connectivity index (χ3v) is 3.42. The van der Waals surface area contributed by atoms with E-state index in [1.54, 1.807) is 6.26 Å². The van der Waals surface area contributed by atoms with Crippen molar-refractivity contribution in [3.8, 4) is 0 Å². The van der Waals surface area contributed by atoms with E-state index in [1.165, 1.54) is 11.1 Å². The summed E-state index contributed by atoms with van der Waals surface area (Å²) in [5.41, 5.74) is 8.24. The maximum atomic E-state index is 5.69. The number of nitrogens with two attached hydrogens (primary N) is 1. The number of furan rings is 1. The first-order valence-electron chi connectivity index (χ1n) is 5.27. The molecule has 2 rings (SSSR count). The first kappa shape index (κ1) is 11.3. The molecule has 1 aromatic heterocycles. The molecule has 0 amide bonds. The van der Waals surface area contributed by atoms with Gasteiger partial charge in [0.25, 0.3) is 0 Å². The summed E-state index contributed by atoms with van der Waals surface area (Å²) in [6, 6.07) is 12.2. The Labute approximate surface area is 99.8 Å². The lowest BCUT2D eigenvalue weighted by atomic mass is 10.1. The van der Waals surface area contributed by atoms with Gasteiger partial charge in [-0.1, -0.05) is 24.3 Å². The third kappa shape index (κ3) is 2.90. The van der Waals surface area contributed by atoms with Crippen molar-refractivity contribution >= 4 is 11.8 Å². The summed E-state index contributed by atoms with van der Waals surface area (Å²) >= 11 is 1.84. The van der Waals surface area contributed by atoms with Crippen LogP contribution >= 0.6 is 11.8 Å². The van der Waals surface area contributed by atoms with Gasteiger partial charge >= 0.3 is 0 Å². The van der Waals surface area contributed by atoms with Crippen molar-refractivity contribution in [2.24, 2.45) is 5.73 Å². The fraction of sp³-hybridized carbons (Fsp3) is 0.231. The fourth-order valence-corrected chi connectivity index (χ4v) is 2.52. The van der Waals surface area contributed by atoms with Crippen LogP contribution in [0, 0.1) is 0 Å². The molecule has 2 nitrogen and oxygen atoms in total. The van der Waals surface area contributed by atoms with Crippen LogP contribution in [0.25, 0.3) is 0 Å². The second-order valence-corrected chi connectivity index (χ2v) is 4.53. The van der Waals surface area contributed by atoms with Gasteiger partial charge in [0.15, 0.2) is 0 Å². The Bertz CT molecular complexity index is 425. The zero-order chi connectivity index (χ0) is 11.2. The highest BCUT2D eigenvalue weighted by atomic mass is 32.2. The molecular weight excluding hydrogens is 218 g/mol. The zero-order valence-electron chi connectivity index (χ0n) is 9.06. The number of rotatable bonds is 5. The van der Waals surface area contributed by atoms with Crippen molar-refractivity contribution in [1.82, 2.24) is 0 Å². The molecular formula is C13H15NOS. The van der Waals surface area contributed by atoms with Gasteiger partial charge in [-0.05, 0) is 23.3 Å². The van der Waals surface area contributed by atoms with E-state index in [2.05, 4.69) is 18.2 Å². The van der Waals surface area contributed by atoms with Crippen molar-refractivity contribution in [2.75, 3.05) is 0 Å². The predicted molar refractivity (Wildman–Crippen MR) is 68.0 cm³/mol. The molecule has 2 N–H and O–H groups in total. The van der Waals surface area contributed by atoms with E-state index in [4.69, 9.17) is 10.2 Å². The molecule has 1 aromatic carbocycles. The van der Waals surface area contributed by atoms with Gasteiger partial charge in [-0.25, -0.2) is 0 Å². The van der Waals surface area contributed by atoms with Crippen LogP contribution < -0.4 is 5.73 Å². The smallest absolute Gasteiger partial charge is 0.113 e.